The van der Waals surface area contributed by atoms with Gasteiger partial charge in [-0.15, -0.1) is 0 Å². The molecule has 0 saturated heterocycles. The Bertz CT molecular complexity index is 942. The molecular weight excluding hydrogens is 632 g/mol. The smallest absolute Gasteiger partial charge is 0.428 e. The third-order valence-electron chi connectivity index (χ3n) is 4.36. The molecule has 3 rings (SSSR count). The predicted molar refractivity (Wildman–Crippen MR) is 104 cm³/mol. The molecule has 28 heavy (non-hydrogen) atoms. The van der Waals surface area contributed by atoms with Gasteiger partial charge in [-0.05, 0) is 70.2 Å². The number of esters is 2. The molecule has 1 spiro atoms. The van der Waals surface area contributed by atoms with Crippen LogP contribution in [0.2, 0.25) is 0 Å². The standard InChI is InChI=1S/C15H12F2I2O8S/c16-15(17,28(22,23)24)13(21)25-7-3-5-14(6-4-7)26-11-8(12(20)27-14)1-2-9(18)10(11)19/h1-2,7H,3-6H2,(H,22,23,24)/p-1. The molecule has 1 aliphatic carbocycles. The normalized spacial score (nSPS) is 24.9. The van der Waals surface area contributed by atoms with Gasteiger partial charge in [0, 0.05) is 16.4 Å². The lowest BCUT2D eigenvalue weighted by Crippen LogP contribution is -2.49. The maximum Gasteiger partial charge on any atom is 0.428 e. The van der Waals surface area contributed by atoms with Crippen molar-refractivity contribution in [3.63, 3.8) is 0 Å². The van der Waals surface area contributed by atoms with E-state index in [9.17, 15) is 31.3 Å². The van der Waals surface area contributed by atoms with Crippen LogP contribution in [0.25, 0.3) is 0 Å². The molecule has 1 heterocycles. The maximum atomic E-state index is 13.3. The Balaban J connectivity index is 1.71. The van der Waals surface area contributed by atoms with Gasteiger partial charge in [-0.2, -0.15) is 8.78 Å². The zero-order valence-corrected chi connectivity index (χ0v) is 18.9. The zero-order chi connectivity index (χ0) is 20.9. The molecule has 0 atom stereocenters. The second kappa shape index (κ2) is 7.46. The Kier molecular flexibility index (Phi) is 5.83. The van der Waals surface area contributed by atoms with Gasteiger partial charge in [0.2, 0.25) is 0 Å². The van der Waals surface area contributed by atoms with E-state index in [1.165, 1.54) is 0 Å². The average Bonchev–Trinajstić information content (AvgIpc) is 2.60. The van der Waals surface area contributed by atoms with Gasteiger partial charge < -0.3 is 18.8 Å². The van der Waals surface area contributed by atoms with Gasteiger partial charge in [-0.25, -0.2) is 18.0 Å². The molecule has 1 aromatic carbocycles. The summed E-state index contributed by atoms with van der Waals surface area (Å²) < 4.78 is 75.4. The fraction of sp³-hybridized carbons (Fsp3) is 0.467. The second-order valence-electron chi connectivity index (χ2n) is 6.22. The van der Waals surface area contributed by atoms with Crippen molar-refractivity contribution < 1.29 is 45.6 Å². The van der Waals surface area contributed by atoms with Crippen LogP contribution < -0.4 is 4.74 Å². The lowest BCUT2D eigenvalue weighted by atomic mass is 9.90. The molecule has 0 amide bonds. The third kappa shape index (κ3) is 3.94. The number of ether oxygens (including phenoxy) is 3. The molecule has 1 aliphatic heterocycles. The quantitative estimate of drug-likeness (QED) is 0.281. The van der Waals surface area contributed by atoms with E-state index in [4.69, 9.17) is 9.47 Å². The number of alkyl halides is 2. The molecular formula is C15H11F2I2O8S-. The molecule has 0 aromatic heterocycles. The monoisotopic (exact) mass is 643 g/mol. The van der Waals surface area contributed by atoms with Crippen LogP contribution in [0.1, 0.15) is 36.0 Å². The van der Waals surface area contributed by atoms with Gasteiger partial charge in [-0.3, -0.25) is 0 Å². The number of benzene rings is 1. The Morgan fingerprint density at radius 2 is 1.86 bits per heavy atom. The molecule has 0 N–H and O–H groups in total. The van der Waals surface area contributed by atoms with E-state index in [1.54, 1.807) is 12.1 Å². The summed E-state index contributed by atoms with van der Waals surface area (Å²) >= 11 is 4.12. The highest BCUT2D eigenvalue weighted by molar-refractivity contribution is 14.1. The molecule has 2 aliphatic rings. The van der Waals surface area contributed by atoms with Crippen molar-refractivity contribution in [1.29, 1.82) is 0 Å². The highest BCUT2D eigenvalue weighted by atomic mass is 127. The van der Waals surface area contributed by atoms with Crippen molar-refractivity contribution in [3.05, 3.63) is 24.8 Å². The molecule has 0 bridgehead atoms. The molecule has 1 saturated carbocycles. The van der Waals surface area contributed by atoms with Gasteiger partial charge in [0.05, 0.1) is 3.57 Å². The van der Waals surface area contributed by atoms with Crippen molar-refractivity contribution >= 4 is 67.2 Å². The van der Waals surface area contributed by atoms with Crippen molar-refractivity contribution in [3.8, 4) is 5.75 Å². The number of halogens is 4. The van der Waals surface area contributed by atoms with E-state index < -0.39 is 39.2 Å². The number of hydrogen-bond acceptors (Lipinski definition) is 8. The van der Waals surface area contributed by atoms with Crippen molar-refractivity contribution in [1.82, 2.24) is 0 Å². The first-order valence-corrected chi connectivity index (χ1v) is 11.4. The lowest BCUT2D eigenvalue weighted by molar-refractivity contribution is -0.196. The van der Waals surface area contributed by atoms with E-state index in [2.05, 4.69) is 27.3 Å². The minimum absolute atomic E-state index is 0.0240. The fourth-order valence-electron chi connectivity index (χ4n) is 2.90. The summed E-state index contributed by atoms with van der Waals surface area (Å²) in [6.07, 6.45) is -1.04. The first kappa shape index (κ1) is 21.9. The minimum Gasteiger partial charge on any atom is -0.743 e. The minimum atomic E-state index is -6.18. The van der Waals surface area contributed by atoms with Gasteiger partial charge >= 0.3 is 17.2 Å². The summed E-state index contributed by atoms with van der Waals surface area (Å²) in [5, 5.41) is -5.17. The number of carbonyl (C=O) groups is 2. The molecule has 13 heteroatoms. The third-order valence-corrected chi connectivity index (χ3v) is 8.15. The fourth-order valence-corrected chi connectivity index (χ4v) is 4.16. The van der Waals surface area contributed by atoms with Crippen molar-refractivity contribution in [2.75, 3.05) is 0 Å². The summed E-state index contributed by atoms with van der Waals surface area (Å²) in [7, 11) is -6.18. The molecule has 0 radical (unpaired) electrons. The van der Waals surface area contributed by atoms with Crippen LogP contribution in [0, 0.1) is 7.14 Å². The molecule has 8 nitrogen and oxygen atoms in total. The first-order chi connectivity index (χ1) is 12.9. The Hall–Kier alpha value is -0.810. The van der Waals surface area contributed by atoms with Gasteiger partial charge in [0.25, 0.3) is 5.79 Å². The Labute approximate surface area is 185 Å². The van der Waals surface area contributed by atoms with Gasteiger partial charge in [0.15, 0.2) is 15.9 Å². The van der Waals surface area contributed by atoms with E-state index in [0.717, 1.165) is 7.14 Å². The molecule has 0 unspecified atom stereocenters. The SMILES string of the molecule is O=C1OC2(CCC(OC(=O)C(F)(F)S(=O)(=O)[O-])CC2)Oc2c1ccc(I)c2I. The largest absolute Gasteiger partial charge is 0.743 e. The average molecular weight is 643 g/mol. The van der Waals surface area contributed by atoms with Gasteiger partial charge in [0.1, 0.15) is 11.7 Å². The number of hydrogen-bond donors (Lipinski definition) is 0. The van der Waals surface area contributed by atoms with E-state index in [1.807, 2.05) is 22.6 Å². The number of rotatable bonds is 3. The zero-order valence-electron chi connectivity index (χ0n) is 13.7. The van der Waals surface area contributed by atoms with Gasteiger partial charge in [-0.1, -0.05) is 0 Å². The van der Waals surface area contributed by atoms with Crippen molar-refractivity contribution in [2.45, 2.75) is 42.8 Å². The van der Waals surface area contributed by atoms with Crippen molar-refractivity contribution in [2.24, 2.45) is 0 Å². The van der Waals surface area contributed by atoms with Crippen LogP contribution in [0.4, 0.5) is 8.78 Å². The second-order valence-corrected chi connectivity index (χ2v) is 9.88. The summed E-state index contributed by atoms with van der Waals surface area (Å²) in [6, 6.07) is 3.32. The molecule has 1 aromatic rings. The number of fused-ring (bicyclic) bond motifs is 1. The maximum absolute atomic E-state index is 13.3. The first-order valence-electron chi connectivity index (χ1n) is 7.81. The summed E-state index contributed by atoms with van der Waals surface area (Å²) in [5.74, 6) is -3.97. The highest BCUT2D eigenvalue weighted by Gasteiger charge is 2.51. The molecule has 154 valence electrons. The summed E-state index contributed by atoms with van der Waals surface area (Å²) in [4.78, 5) is 23.7. The summed E-state index contributed by atoms with van der Waals surface area (Å²) in [6.45, 7) is 0. The van der Waals surface area contributed by atoms with E-state index >= 15 is 0 Å². The summed E-state index contributed by atoms with van der Waals surface area (Å²) in [5.41, 5.74) is 0.268. The Morgan fingerprint density at radius 3 is 2.43 bits per heavy atom. The van der Waals surface area contributed by atoms with Crippen LogP contribution >= 0.6 is 45.2 Å². The predicted octanol–water partition coefficient (Wildman–Crippen LogP) is 2.77. The van der Waals surface area contributed by atoms with E-state index in [0.29, 0.717) is 5.75 Å². The Morgan fingerprint density at radius 1 is 1.25 bits per heavy atom. The van der Waals surface area contributed by atoms with Crippen LogP contribution in [0.3, 0.4) is 0 Å². The van der Waals surface area contributed by atoms with Crippen LogP contribution in [-0.2, 0) is 24.4 Å². The lowest BCUT2D eigenvalue weighted by Gasteiger charge is -2.42. The topological polar surface area (TPSA) is 119 Å². The van der Waals surface area contributed by atoms with Crippen LogP contribution in [0.5, 0.6) is 5.75 Å². The molecule has 1 fully saturated rings. The number of carbonyl (C=O) groups excluding carboxylic acids is 2. The van der Waals surface area contributed by atoms with Crippen LogP contribution in [-0.4, -0.2) is 42.1 Å². The van der Waals surface area contributed by atoms with E-state index in [-0.39, 0.29) is 31.2 Å². The van der Waals surface area contributed by atoms with Crippen LogP contribution in [0.15, 0.2) is 12.1 Å². The highest BCUT2D eigenvalue weighted by Crippen LogP contribution is 2.43.